The molecular weight excluding hydrogens is 818 g/mol. The molecule has 0 aromatic heterocycles. The Balaban J connectivity index is 3.99. The summed E-state index contributed by atoms with van der Waals surface area (Å²) >= 11 is 0. The molecule has 0 heterocycles. The van der Waals surface area contributed by atoms with Crippen LogP contribution < -0.4 is 0 Å². The molecule has 0 saturated heterocycles. The molecule has 60 heavy (non-hydrogen) atoms. The largest absolute Gasteiger partial charge is 0.472 e. The molecule has 0 fully saturated rings. The maximum Gasteiger partial charge on any atom is 0.472 e. The molecule has 0 spiro atoms. The van der Waals surface area contributed by atoms with Crippen molar-refractivity contribution in [1.29, 1.82) is 0 Å². The summed E-state index contributed by atoms with van der Waals surface area (Å²) in [6, 6.07) is 0. The lowest BCUT2D eigenvalue weighted by atomic mass is 10.1. The quantitative estimate of drug-likeness (QED) is 0.0167. The third-order valence-electron chi connectivity index (χ3n) is 8.79. The fraction of sp³-hybridized carbons (Fsp3) is 0.767. The highest BCUT2D eigenvalue weighted by Crippen LogP contribution is 2.45. The molecule has 0 aromatic rings. The first-order valence-corrected chi connectivity index (χ1v) is 25.0. The van der Waals surface area contributed by atoms with Crippen molar-refractivity contribution < 1.29 is 71.4 Å². The van der Waals surface area contributed by atoms with Crippen LogP contribution in [-0.4, -0.2) is 95.0 Å². The highest BCUT2D eigenvalue weighted by molar-refractivity contribution is 7.47. The molecule has 0 aliphatic rings. The van der Waals surface area contributed by atoms with Crippen LogP contribution in [0.3, 0.4) is 0 Å². The number of rotatable bonds is 42. The van der Waals surface area contributed by atoms with Crippen molar-refractivity contribution in [2.75, 3.05) is 39.6 Å². The zero-order valence-electron chi connectivity index (χ0n) is 36.4. The van der Waals surface area contributed by atoms with Crippen LogP contribution in [0.1, 0.15) is 155 Å². The van der Waals surface area contributed by atoms with E-state index in [4.69, 9.17) is 9.47 Å². The molecule has 0 bridgehead atoms. The Morgan fingerprint density at radius 2 is 0.733 bits per heavy atom. The highest BCUT2D eigenvalue weighted by Gasteiger charge is 2.28. The lowest BCUT2D eigenvalue weighted by molar-refractivity contribution is -0.148. The molecule has 15 nitrogen and oxygen atoms in total. The molecule has 0 amide bonds. The topological polar surface area (TPSA) is 225 Å². The van der Waals surface area contributed by atoms with Crippen LogP contribution in [0, 0.1) is 0 Å². The molecule has 0 aromatic carbocycles. The number of unbranched alkanes of at least 4 members (excludes halogenated alkanes) is 14. The van der Waals surface area contributed by atoms with Crippen LogP contribution in [0.5, 0.6) is 0 Å². The van der Waals surface area contributed by atoms with E-state index >= 15 is 0 Å². The number of hydrogen-bond acceptors (Lipinski definition) is 13. The Morgan fingerprint density at radius 3 is 1.13 bits per heavy atom. The second-order valence-electron chi connectivity index (χ2n) is 14.7. The molecule has 5 unspecified atom stereocenters. The lowest BCUT2D eigenvalue weighted by Crippen LogP contribution is -2.25. The zero-order chi connectivity index (χ0) is 44.6. The van der Waals surface area contributed by atoms with Gasteiger partial charge in [0.15, 0.2) is 0 Å². The summed E-state index contributed by atoms with van der Waals surface area (Å²) in [7, 11) is -9.57. The number of aliphatic hydroxyl groups excluding tert-OH is 3. The first-order valence-electron chi connectivity index (χ1n) is 22.0. The summed E-state index contributed by atoms with van der Waals surface area (Å²) in [4.78, 5) is 43.6. The third-order valence-corrected chi connectivity index (χ3v) is 10.7. The van der Waals surface area contributed by atoms with Crippen LogP contribution >= 0.6 is 15.6 Å². The molecular formula is C43H78O15P2. The highest BCUT2D eigenvalue weighted by atomic mass is 31.2. The van der Waals surface area contributed by atoms with Crippen LogP contribution in [0.4, 0.5) is 0 Å². The average molecular weight is 897 g/mol. The number of ether oxygens (including phenoxy) is 2. The number of phosphoric ester groups is 2. The number of carbonyl (C=O) groups excluding carboxylic acids is 2. The van der Waals surface area contributed by atoms with Gasteiger partial charge in [-0.05, 0) is 51.4 Å². The first-order chi connectivity index (χ1) is 28.8. The van der Waals surface area contributed by atoms with Crippen molar-refractivity contribution >= 4 is 27.6 Å². The average Bonchev–Trinajstić information content (AvgIpc) is 3.22. The third kappa shape index (κ3) is 41.4. The van der Waals surface area contributed by atoms with Gasteiger partial charge < -0.3 is 34.6 Å². The van der Waals surface area contributed by atoms with E-state index in [0.717, 1.165) is 44.9 Å². The minimum Gasteiger partial charge on any atom is -0.463 e. The fourth-order valence-corrected chi connectivity index (χ4v) is 6.91. The normalized spacial score (nSPS) is 15.8. The summed E-state index contributed by atoms with van der Waals surface area (Å²) in [6.45, 7) is 0.297. The predicted molar refractivity (Wildman–Crippen MR) is 233 cm³/mol. The van der Waals surface area contributed by atoms with Gasteiger partial charge in [0.25, 0.3) is 0 Å². The van der Waals surface area contributed by atoms with E-state index in [1.54, 1.807) is 0 Å². The minimum atomic E-state index is -4.79. The zero-order valence-corrected chi connectivity index (χ0v) is 38.2. The predicted octanol–water partition coefficient (Wildman–Crippen LogP) is 9.27. The second kappa shape index (κ2) is 39.8. The van der Waals surface area contributed by atoms with Gasteiger partial charge in [-0.25, -0.2) is 9.13 Å². The Labute approximate surface area is 359 Å². The van der Waals surface area contributed by atoms with E-state index in [2.05, 4.69) is 68.4 Å². The Hall–Kier alpha value is -2.00. The first kappa shape index (κ1) is 58.0. The Kier molecular flexibility index (Phi) is 38.5. The van der Waals surface area contributed by atoms with Gasteiger partial charge in [-0.2, -0.15) is 0 Å². The van der Waals surface area contributed by atoms with Crippen molar-refractivity contribution in [2.24, 2.45) is 0 Å². The fourth-order valence-electron chi connectivity index (χ4n) is 5.32. The molecule has 350 valence electrons. The van der Waals surface area contributed by atoms with Crippen LogP contribution in [-0.2, 0) is 46.3 Å². The van der Waals surface area contributed by atoms with Crippen molar-refractivity contribution in [2.45, 2.75) is 173 Å². The van der Waals surface area contributed by atoms with Gasteiger partial charge >= 0.3 is 27.6 Å². The lowest BCUT2D eigenvalue weighted by Gasteiger charge is -2.19. The number of aliphatic hydroxyl groups is 3. The van der Waals surface area contributed by atoms with E-state index in [9.17, 15) is 43.8 Å². The van der Waals surface area contributed by atoms with Crippen molar-refractivity contribution in [1.82, 2.24) is 0 Å². The van der Waals surface area contributed by atoms with Gasteiger partial charge in [0.1, 0.15) is 31.5 Å². The standard InChI is InChI=1S/C43H78O15P2/c1-3-5-7-9-11-13-15-16-17-18-19-20-22-24-26-28-30-32-43(48)54-34-40(45)36-56-60(51,52)58-38-41(46)37-57-59(49,50)55-35-39(44)33-53-42(47)31-29-27-25-23-21-14-12-10-8-6-4-2/h11,13,16-17,19-20,24,26,39-41,44-46H,3-10,12,14-15,18,21-23,25,27-38H2,1-2H3,(H,49,50)(H,51,52)/b13-11-,17-16-,20-19-,26-24-. The SMILES string of the molecule is CCCCC/C=C\C/C=C\C/C=C\C/C=C\CCCC(=O)OCC(O)COP(=O)(O)OCC(O)COP(=O)(O)OCC(O)COC(=O)CCCCCCCCCCCCC. The summed E-state index contributed by atoms with van der Waals surface area (Å²) < 4.78 is 52.8. The molecule has 5 atom stereocenters. The smallest absolute Gasteiger partial charge is 0.463 e. The summed E-state index contributed by atoms with van der Waals surface area (Å²) in [5.74, 6) is -1.05. The minimum absolute atomic E-state index is 0.120. The number of esters is 2. The van der Waals surface area contributed by atoms with Crippen molar-refractivity contribution in [3.63, 3.8) is 0 Å². The van der Waals surface area contributed by atoms with E-state index in [-0.39, 0.29) is 12.8 Å². The summed E-state index contributed by atoms with van der Waals surface area (Å²) in [6.07, 6.45) is 34.0. The summed E-state index contributed by atoms with van der Waals surface area (Å²) in [5, 5.41) is 29.9. The molecule has 17 heteroatoms. The molecule has 0 radical (unpaired) electrons. The molecule has 0 aliphatic carbocycles. The van der Waals surface area contributed by atoms with E-state index in [1.165, 1.54) is 64.2 Å². The Morgan fingerprint density at radius 1 is 0.433 bits per heavy atom. The Bertz CT molecular complexity index is 1270. The monoisotopic (exact) mass is 896 g/mol. The van der Waals surface area contributed by atoms with Crippen LogP contribution in [0.15, 0.2) is 48.6 Å². The van der Waals surface area contributed by atoms with Gasteiger partial charge in [-0.1, -0.05) is 140 Å². The van der Waals surface area contributed by atoms with Gasteiger partial charge in [0.2, 0.25) is 0 Å². The second-order valence-corrected chi connectivity index (χ2v) is 17.6. The van der Waals surface area contributed by atoms with Gasteiger partial charge in [-0.15, -0.1) is 0 Å². The molecule has 0 saturated carbocycles. The van der Waals surface area contributed by atoms with Gasteiger partial charge in [0.05, 0.1) is 26.4 Å². The van der Waals surface area contributed by atoms with Crippen LogP contribution in [0.2, 0.25) is 0 Å². The van der Waals surface area contributed by atoms with E-state index in [0.29, 0.717) is 19.3 Å². The van der Waals surface area contributed by atoms with Crippen molar-refractivity contribution in [3.8, 4) is 0 Å². The van der Waals surface area contributed by atoms with Gasteiger partial charge in [0, 0.05) is 12.8 Å². The maximum atomic E-state index is 12.1. The van der Waals surface area contributed by atoms with Crippen molar-refractivity contribution in [3.05, 3.63) is 48.6 Å². The summed E-state index contributed by atoms with van der Waals surface area (Å²) in [5.41, 5.74) is 0. The number of hydrogen-bond donors (Lipinski definition) is 5. The van der Waals surface area contributed by atoms with Crippen LogP contribution in [0.25, 0.3) is 0 Å². The maximum absolute atomic E-state index is 12.1. The molecule has 0 aliphatic heterocycles. The number of carbonyl (C=O) groups is 2. The molecule has 5 N–H and O–H groups in total. The number of phosphoric acid groups is 2. The molecule has 0 rings (SSSR count). The number of allylic oxidation sites excluding steroid dienone is 8. The van der Waals surface area contributed by atoms with E-state index in [1.807, 2.05) is 12.2 Å². The van der Waals surface area contributed by atoms with Gasteiger partial charge in [-0.3, -0.25) is 27.7 Å². The van der Waals surface area contributed by atoms with E-state index < -0.39 is 85.5 Å².